The third kappa shape index (κ3) is 2.58. The second kappa shape index (κ2) is 6.11. The molecular formula is C18H20N4O2. The van der Waals surface area contributed by atoms with Crippen LogP contribution in [0.2, 0.25) is 0 Å². The number of aromatic nitrogens is 3. The van der Waals surface area contributed by atoms with Gasteiger partial charge in [0.05, 0.1) is 18.1 Å². The fraction of sp³-hybridized carbons (Fsp3) is 0.389. The minimum Gasteiger partial charge on any atom is -0.465 e. The first-order valence-electron chi connectivity index (χ1n) is 8.37. The van der Waals surface area contributed by atoms with Gasteiger partial charge in [0.25, 0.3) is 0 Å². The molecule has 0 aliphatic heterocycles. The molecule has 2 N–H and O–H groups in total. The number of aromatic amines is 1. The van der Waals surface area contributed by atoms with E-state index in [1.807, 2.05) is 6.07 Å². The van der Waals surface area contributed by atoms with E-state index in [-0.39, 0.29) is 5.97 Å². The number of hydrogen-bond acceptors (Lipinski definition) is 5. The van der Waals surface area contributed by atoms with Crippen LogP contribution in [0.5, 0.6) is 0 Å². The van der Waals surface area contributed by atoms with Crippen LogP contribution in [0.15, 0.2) is 24.5 Å². The van der Waals surface area contributed by atoms with Crippen LogP contribution < -0.4 is 5.32 Å². The Morgan fingerprint density at radius 3 is 2.88 bits per heavy atom. The van der Waals surface area contributed by atoms with Crippen LogP contribution in [0.1, 0.15) is 42.5 Å². The highest BCUT2D eigenvalue weighted by atomic mass is 16.5. The largest absolute Gasteiger partial charge is 0.465 e. The van der Waals surface area contributed by atoms with Gasteiger partial charge in [0.1, 0.15) is 17.8 Å². The Labute approximate surface area is 139 Å². The van der Waals surface area contributed by atoms with E-state index in [9.17, 15) is 4.79 Å². The maximum atomic E-state index is 11.7. The summed E-state index contributed by atoms with van der Waals surface area (Å²) in [5.41, 5.74) is 2.16. The lowest BCUT2D eigenvalue weighted by molar-refractivity contribution is 0.0601. The Hall–Kier alpha value is -2.63. The molecule has 4 rings (SSSR count). The zero-order chi connectivity index (χ0) is 16.5. The maximum Gasteiger partial charge on any atom is 0.337 e. The number of rotatable bonds is 3. The highest BCUT2D eigenvalue weighted by Gasteiger charge is 2.18. The summed E-state index contributed by atoms with van der Waals surface area (Å²) in [6.07, 6.45) is 7.79. The maximum absolute atomic E-state index is 11.7. The first-order chi connectivity index (χ1) is 11.8. The van der Waals surface area contributed by atoms with Crippen LogP contribution in [-0.2, 0) is 4.74 Å². The number of carbonyl (C=O) groups is 1. The first-order valence-corrected chi connectivity index (χ1v) is 8.37. The number of benzene rings is 1. The van der Waals surface area contributed by atoms with E-state index in [0.29, 0.717) is 11.6 Å². The van der Waals surface area contributed by atoms with Gasteiger partial charge < -0.3 is 15.0 Å². The number of nitrogens with one attached hydrogen (secondary N) is 2. The molecule has 1 fully saturated rings. The summed E-state index contributed by atoms with van der Waals surface area (Å²) >= 11 is 0. The van der Waals surface area contributed by atoms with Gasteiger partial charge in [-0.2, -0.15) is 0 Å². The quantitative estimate of drug-likeness (QED) is 0.719. The van der Waals surface area contributed by atoms with E-state index >= 15 is 0 Å². The van der Waals surface area contributed by atoms with Crippen molar-refractivity contribution in [2.24, 2.45) is 0 Å². The Kier molecular flexibility index (Phi) is 3.80. The predicted molar refractivity (Wildman–Crippen MR) is 93.2 cm³/mol. The van der Waals surface area contributed by atoms with Crippen LogP contribution in [-0.4, -0.2) is 34.1 Å². The third-order valence-electron chi connectivity index (χ3n) is 4.76. The summed E-state index contributed by atoms with van der Waals surface area (Å²) in [7, 11) is 1.38. The molecule has 0 atom stereocenters. The zero-order valence-corrected chi connectivity index (χ0v) is 13.6. The summed E-state index contributed by atoms with van der Waals surface area (Å²) < 4.78 is 4.79. The number of hydrogen-bond donors (Lipinski definition) is 2. The van der Waals surface area contributed by atoms with Gasteiger partial charge in [0.15, 0.2) is 0 Å². The summed E-state index contributed by atoms with van der Waals surface area (Å²) in [6, 6.07) is 5.97. The van der Waals surface area contributed by atoms with Crippen molar-refractivity contribution in [2.45, 2.75) is 38.1 Å². The SMILES string of the molecule is COC(=O)c1ccc2c(c1)[nH]c1ncnc(NC3CCCCC3)c12. The smallest absolute Gasteiger partial charge is 0.337 e. The van der Waals surface area contributed by atoms with Crippen molar-refractivity contribution in [3.05, 3.63) is 30.1 Å². The number of ether oxygens (including phenoxy) is 1. The molecule has 3 aromatic rings. The highest BCUT2D eigenvalue weighted by Crippen LogP contribution is 2.31. The van der Waals surface area contributed by atoms with Gasteiger partial charge in [-0.3, -0.25) is 0 Å². The van der Waals surface area contributed by atoms with Gasteiger partial charge in [0.2, 0.25) is 0 Å². The van der Waals surface area contributed by atoms with E-state index in [1.165, 1.54) is 39.2 Å². The highest BCUT2D eigenvalue weighted by molar-refractivity contribution is 6.12. The van der Waals surface area contributed by atoms with Crippen molar-refractivity contribution in [1.82, 2.24) is 15.0 Å². The van der Waals surface area contributed by atoms with Crippen LogP contribution in [0.25, 0.3) is 21.9 Å². The Balaban J connectivity index is 1.78. The van der Waals surface area contributed by atoms with Gasteiger partial charge in [0, 0.05) is 16.9 Å². The second-order valence-corrected chi connectivity index (χ2v) is 6.30. The summed E-state index contributed by atoms with van der Waals surface area (Å²) in [5, 5.41) is 5.58. The molecular weight excluding hydrogens is 304 g/mol. The van der Waals surface area contributed by atoms with Gasteiger partial charge in [-0.1, -0.05) is 25.3 Å². The lowest BCUT2D eigenvalue weighted by Gasteiger charge is -2.23. The number of esters is 1. The molecule has 1 aromatic carbocycles. The Morgan fingerprint density at radius 1 is 1.25 bits per heavy atom. The standard InChI is InChI=1S/C18H20N4O2/c1-24-18(23)11-7-8-13-14(9-11)22-17-15(13)16(19-10-20-17)21-12-5-3-2-4-6-12/h7-10,12H,2-6H2,1H3,(H2,19,20,21,22). The number of nitrogens with zero attached hydrogens (tertiary/aromatic N) is 2. The topological polar surface area (TPSA) is 79.9 Å². The summed E-state index contributed by atoms with van der Waals surface area (Å²) in [6.45, 7) is 0. The van der Waals surface area contributed by atoms with E-state index in [1.54, 1.807) is 18.5 Å². The molecule has 0 amide bonds. The minimum absolute atomic E-state index is 0.345. The van der Waals surface area contributed by atoms with Gasteiger partial charge in [-0.15, -0.1) is 0 Å². The monoisotopic (exact) mass is 324 g/mol. The van der Waals surface area contributed by atoms with Gasteiger partial charge in [-0.25, -0.2) is 14.8 Å². The molecule has 1 saturated carbocycles. The van der Waals surface area contributed by atoms with Crippen LogP contribution in [0.3, 0.4) is 0 Å². The normalized spacial score (nSPS) is 15.7. The van der Waals surface area contributed by atoms with E-state index in [2.05, 4.69) is 20.3 Å². The molecule has 2 heterocycles. The molecule has 1 aliphatic carbocycles. The summed E-state index contributed by atoms with van der Waals surface area (Å²) in [4.78, 5) is 23.8. The number of anilines is 1. The average molecular weight is 324 g/mol. The zero-order valence-electron chi connectivity index (χ0n) is 13.6. The number of fused-ring (bicyclic) bond motifs is 3. The molecule has 24 heavy (non-hydrogen) atoms. The average Bonchev–Trinajstić information content (AvgIpc) is 3.00. The predicted octanol–water partition coefficient (Wildman–Crippen LogP) is 3.64. The van der Waals surface area contributed by atoms with E-state index in [0.717, 1.165) is 27.8 Å². The Bertz CT molecular complexity index is 897. The van der Waals surface area contributed by atoms with Gasteiger partial charge in [-0.05, 0) is 25.0 Å². The number of H-pyrrole nitrogens is 1. The van der Waals surface area contributed by atoms with Crippen LogP contribution >= 0.6 is 0 Å². The van der Waals surface area contributed by atoms with Crippen molar-refractivity contribution in [3.8, 4) is 0 Å². The second-order valence-electron chi connectivity index (χ2n) is 6.30. The molecule has 124 valence electrons. The summed E-state index contributed by atoms with van der Waals surface area (Å²) in [5.74, 6) is 0.520. The van der Waals surface area contributed by atoms with Crippen molar-refractivity contribution < 1.29 is 9.53 Å². The van der Waals surface area contributed by atoms with Crippen molar-refractivity contribution in [1.29, 1.82) is 0 Å². The molecule has 6 heteroatoms. The molecule has 0 spiro atoms. The minimum atomic E-state index is -0.345. The van der Waals surface area contributed by atoms with Crippen molar-refractivity contribution >= 4 is 33.7 Å². The molecule has 1 aliphatic rings. The first kappa shape index (κ1) is 14.9. The fourth-order valence-electron chi connectivity index (χ4n) is 3.52. The lowest BCUT2D eigenvalue weighted by Crippen LogP contribution is -2.22. The van der Waals surface area contributed by atoms with Crippen molar-refractivity contribution in [3.63, 3.8) is 0 Å². The molecule has 0 unspecified atom stereocenters. The van der Waals surface area contributed by atoms with E-state index < -0.39 is 0 Å². The Morgan fingerprint density at radius 2 is 2.08 bits per heavy atom. The van der Waals surface area contributed by atoms with E-state index in [4.69, 9.17) is 4.74 Å². The number of carbonyl (C=O) groups excluding carboxylic acids is 1. The van der Waals surface area contributed by atoms with Crippen LogP contribution in [0.4, 0.5) is 5.82 Å². The van der Waals surface area contributed by atoms with Crippen molar-refractivity contribution in [2.75, 3.05) is 12.4 Å². The molecule has 0 radical (unpaired) electrons. The van der Waals surface area contributed by atoms with Crippen LogP contribution in [0, 0.1) is 0 Å². The van der Waals surface area contributed by atoms with Gasteiger partial charge >= 0.3 is 5.97 Å². The fourth-order valence-corrected chi connectivity index (χ4v) is 3.52. The number of methoxy groups -OCH3 is 1. The lowest BCUT2D eigenvalue weighted by atomic mass is 9.95. The molecule has 0 bridgehead atoms. The molecule has 0 saturated heterocycles. The molecule has 6 nitrogen and oxygen atoms in total. The molecule has 2 aromatic heterocycles. The third-order valence-corrected chi connectivity index (χ3v) is 4.76.